The molecule has 0 radical (unpaired) electrons. The van der Waals surface area contributed by atoms with Crippen LogP contribution in [0.4, 0.5) is 0 Å². The number of aliphatic hydroxyl groups excluding tert-OH is 9. The minimum absolute atomic E-state index is 0.0283. The highest BCUT2D eigenvalue weighted by Crippen LogP contribution is 2.69. The summed E-state index contributed by atoms with van der Waals surface area (Å²) in [6.07, 6.45) is -5.73. The molecule has 55 heavy (non-hydrogen) atoms. The van der Waals surface area contributed by atoms with Crippen molar-refractivity contribution in [3.05, 3.63) is 0 Å². The van der Waals surface area contributed by atoms with Crippen LogP contribution in [0.3, 0.4) is 0 Å². The molecule has 15 nitrogen and oxygen atoms in total. The first-order valence-electron chi connectivity index (χ1n) is 21.0. The Morgan fingerprint density at radius 2 is 1.22 bits per heavy atom. The van der Waals surface area contributed by atoms with E-state index in [0.717, 1.165) is 51.4 Å². The molecule has 0 spiro atoms. The lowest BCUT2D eigenvalue weighted by Gasteiger charge is -2.64. The van der Waals surface area contributed by atoms with E-state index in [1.807, 2.05) is 0 Å². The van der Waals surface area contributed by atoms with Crippen LogP contribution in [0.2, 0.25) is 0 Å². The third-order valence-electron chi connectivity index (χ3n) is 15.3. The number of ether oxygens (including phenoxy) is 6. The highest BCUT2D eigenvalue weighted by atomic mass is 16.7. The molecule has 0 amide bonds. The van der Waals surface area contributed by atoms with Gasteiger partial charge in [-0.05, 0) is 85.9 Å². The van der Waals surface area contributed by atoms with Gasteiger partial charge in [0.2, 0.25) is 0 Å². The maximum absolute atomic E-state index is 10.9. The van der Waals surface area contributed by atoms with Gasteiger partial charge < -0.3 is 74.4 Å². The van der Waals surface area contributed by atoms with Crippen molar-refractivity contribution < 1.29 is 74.4 Å². The predicted octanol–water partition coefficient (Wildman–Crippen LogP) is 0.0656. The fourth-order valence-electron chi connectivity index (χ4n) is 12.3. The van der Waals surface area contributed by atoms with Gasteiger partial charge in [0.15, 0.2) is 12.6 Å². The summed E-state index contributed by atoms with van der Waals surface area (Å²) in [6, 6.07) is 0. The van der Waals surface area contributed by atoms with Gasteiger partial charge in [-0.2, -0.15) is 0 Å². The van der Waals surface area contributed by atoms with Crippen molar-refractivity contribution in [3.8, 4) is 0 Å². The molecule has 320 valence electrons. The first-order valence-corrected chi connectivity index (χ1v) is 21.0. The summed E-state index contributed by atoms with van der Waals surface area (Å²) in [5.41, 5.74) is -0.204. The Morgan fingerprint density at radius 1 is 0.655 bits per heavy atom. The number of hydrogen-bond acceptors (Lipinski definition) is 15. The van der Waals surface area contributed by atoms with Crippen LogP contribution in [-0.4, -0.2) is 165 Å². The molecule has 2 heterocycles. The lowest BCUT2D eigenvalue weighted by atomic mass is 9.43. The largest absolute Gasteiger partial charge is 0.394 e. The van der Waals surface area contributed by atoms with Gasteiger partial charge >= 0.3 is 0 Å². The maximum atomic E-state index is 10.9. The third kappa shape index (κ3) is 8.43. The van der Waals surface area contributed by atoms with Crippen LogP contribution in [0.15, 0.2) is 0 Å². The van der Waals surface area contributed by atoms with Crippen molar-refractivity contribution >= 4 is 0 Å². The minimum atomic E-state index is -1.52. The average Bonchev–Trinajstić information content (AvgIpc) is 3.53. The summed E-state index contributed by atoms with van der Waals surface area (Å²) in [6.45, 7) is 8.90. The zero-order valence-electron chi connectivity index (χ0n) is 33.1. The van der Waals surface area contributed by atoms with Gasteiger partial charge in [-0.25, -0.2) is 0 Å². The molecular weight excluding hydrogens is 720 g/mol. The zero-order chi connectivity index (χ0) is 39.8. The summed E-state index contributed by atoms with van der Waals surface area (Å²) in [4.78, 5) is 0. The second-order valence-electron chi connectivity index (χ2n) is 18.1. The molecule has 9 N–H and O–H groups in total. The third-order valence-corrected chi connectivity index (χ3v) is 15.3. The minimum Gasteiger partial charge on any atom is -0.394 e. The molecule has 6 fully saturated rings. The molecule has 2 aliphatic heterocycles. The van der Waals surface area contributed by atoms with Gasteiger partial charge in [0.05, 0.1) is 58.0 Å². The van der Waals surface area contributed by atoms with Gasteiger partial charge in [0.25, 0.3) is 0 Å². The predicted molar refractivity (Wildman–Crippen MR) is 195 cm³/mol. The second-order valence-corrected chi connectivity index (χ2v) is 18.1. The Labute approximate surface area is 325 Å². The molecule has 15 heteroatoms. The Hall–Kier alpha value is -0.600. The molecule has 21 atom stereocenters. The Kier molecular flexibility index (Phi) is 14.7. The van der Waals surface area contributed by atoms with Crippen molar-refractivity contribution in [2.45, 2.75) is 165 Å². The summed E-state index contributed by atoms with van der Waals surface area (Å²) >= 11 is 0. The molecular formula is C40H70O15. The van der Waals surface area contributed by atoms with Crippen LogP contribution in [0.5, 0.6) is 0 Å². The Morgan fingerprint density at radius 3 is 1.78 bits per heavy atom. The molecule has 6 rings (SSSR count). The van der Waals surface area contributed by atoms with Crippen LogP contribution < -0.4 is 0 Å². The molecule has 0 aromatic heterocycles. The van der Waals surface area contributed by atoms with E-state index in [0.29, 0.717) is 24.2 Å². The SMILES string of the molecule is CCC[C@@H](C)[C@H]1CC[C@H]2[C@@H]3[C@H](OCCO[C@@H]4OC(CO)[C@@H](O)[C@H](O)C4O)C[C@@H]4C[C@H](O)CC[C@]4(C)[C@H]3C[C@H](OCCO[C@@H]3OC(CO)[C@@H](O)[C@H](O)C3O)[C@]12C. The fourth-order valence-corrected chi connectivity index (χ4v) is 12.3. The maximum Gasteiger partial charge on any atom is 0.186 e. The van der Waals surface area contributed by atoms with E-state index < -0.39 is 74.6 Å². The van der Waals surface area contributed by atoms with E-state index in [-0.39, 0.29) is 73.3 Å². The van der Waals surface area contributed by atoms with Gasteiger partial charge in [-0.15, -0.1) is 0 Å². The number of fused-ring (bicyclic) bond motifs is 5. The molecule has 2 saturated heterocycles. The Balaban J connectivity index is 1.19. The molecule has 6 aliphatic rings. The van der Waals surface area contributed by atoms with Crippen molar-refractivity contribution in [3.63, 3.8) is 0 Å². The van der Waals surface area contributed by atoms with Crippen molar-refractivity contribution in [1.29, 1.82) is 0 Å². The van der Waals surface area contributed by atoms with E-state index in [1.165, 1.54) is 0 Å². The monoisotopic (exact) mass is 790 g/mol. The first-order chi connectivity index (χ1) is 26.2. The zero-order valence-corrected chi connectivity index (χ0v) is 33.1. The average molecular weight is 791 g/mol. The van der Waals surface area contributed by atoms with Crippen LogP contribution in [0.1, 0.15) is 85.5 Å². The molecule has 4 aliphatic carbocycles. The van der Waals surface area contributed by atoms with Gasteiger partial charge in [0, 0.05) is 5.41 Å². The molecule has 4 unspecified atom stereocenters. The molecule has 0 bridgehead atoms. The van der Waals surface area contributed by atoms with Gasteiger partial charge in [0.1, 0.15) is 48.8 Å². The van der Waals surface area contributed by atoms with Crippen molar-refractivity contribution in [2.24, 2.45) is 46.3 Å². The van der Waals surface area contributed by atoms with Crippen molar-refractivity contribution in [2.75, 3.05) is 39.6 Å². The second kappa shape index (κ2) is 18.3. The van der Waals surface area contributed by atoms with E-state index in [9.17, 15) is 46.0 Å². The number of hydrogen-bond donors (Lipinski definition) is 9. The van der Waals surface area contributed by atoms with Crippen LogP contribution >= 0.6 is 0 Å². The van der Waals surface area contributed by atoms with E-state index >= 15 is 0 Å². The smallest absolute Gasteiger partial charge is 0.186 e. The van der Waals surface area contributed by atoms with E-state index in [4.69, 9.17) is 28.4 Å². The van der Waals surface area contributed by atoms with Crippen LogP contribution in [0.25, 0.3) is 0 Å². The number of aliphatic hydroxyl groups is 9. The molecule has 0 aromatic rings. The summed E-state index contributed by atoms with van der Waals surface area (Å²) < 4.78 is 36.5. The lowest BCUT2D eigenvalue weighted by Crippen LogP contribution is -2.63. The van der Waals surface area contributed by atoms with E-state index in [1.54, 1.807) is 0 Å². The number of rotatable bonds is 15. The fraction of sp³-hybridized carbons (Fsp3) is 1.00. The van der Waals surface area contributed by atoms with Crippen molar-refractivity contribution in [1.82, 2.24) is 0 Å². The molecule has 0 aromatic carbocycles. The van der Waals surface area contributed by atoms with Crippen LogP contribution in [-0.2, 0) is 28.4 Å². The van der Waals surface area contributed by atoms with Gasteiger partial charge in [-0.1, -0.05) is 40.5 Å². The highest BCUT2D eigenvalue weighted by molar-refractivity contribution is 5.15. The van der Waals surface area contributed by atoms with E-state index in [2.05, 4.69) is 27.7 Å². The standard InChI is InChI=1S/C40H70O15/c1-5-6-20(2)23-7-8-24-30-25(17-29(40(23,24)4)51-12-14-53-38-36(49)34(47)32(45)28(19-42)55-38)39(3)10-9-22(43)15-21(39)16-26(30)50-11-13-52-37-35(48)33(46)31(44)27(18-41)54-37/h20-38,41-49H,5-19H2,1-4H3/t20-,21+,22-,23-,24+,25+,26-,27?,28?,29+,30+,31-,32-,33+,34+,35?,36?,37-,38-,39+,40-/m1/s1. The lowest BCUT2D eigenvalue weighted by molar-refractivity contribution is -0.305. The summed E-state index contributed by atoms with van der Waals surface area (Å²) in [7, 11) is 0. The topological polar surface area (TPSA) is 237 Å². The summed E-state index contributed by atoms with van der Waals surface area (Å²) in [5, 5.41) is 91.9. The quantitative estimate of drug-likeness (QED) is 0.0999. The summed E-state index contributed by atoms with van der Waals surface area (Å²) in [5.74, 6) is 1.93. The van der Waals surface area contributed by atoms with Crippen LogP contribution in [0, 0.1) is 46.3 Å². The highest BCUT2D eigenvalue weighted by Gasteiger charge is 2.66. The Bertz CT molecular complexity index is 1210. The van der Waals surface area contributed by atoms with Gasteiger partial charge in [-0.3, -0.25) is 0 Å². The normalized spacial score (nSPS) is 50.6. The first kappa shape index (κ1) is 44.0. The molecule has 4 saturated carbocycles.